The van der Waals surface area contributed by atoms with E-state index >= 15 is 0 Å². The summed E-state index contributed by atoms with van der Waals surface area (Å²) in [7, 11) is 0. The summed E-state index contributed by atoms with van der Waals surface area (Å²) in [4.78, 5) is 9.45. The molecule has 0 atom stereocenters. The van der Waals surface area contributed by atoms with Gasteiger partial charge in [0.05, 0.1) is 48.1 Å². The van der Waals surface area contributed by atoms with Crippen molar-refractivity contribution in [2.75, 3.05) is 19.7 Å². The van der Waals surface area contributed by atoms with E-state index in [2.05, 4.69) is 40.6 Å². The van der Waals surface area contributed by atoms with Gasteiger partial charge in [-0.3, -0.25) is 9.67 Å². The standard InChI is InChI=1S/C24H34N8O/c1-3-21(4-2)31-14-19(13-29-31)24-23-5-6-28-32(23)15-22(30-24)18(11-25)12-26-7-8-27-20-9-17(10-20)16-33/h5-6,11-15,17,20-21,27,33H,3-4,7-10,16,25H2,1-2H3. The molecule has 1 aliphatic rings. The second-order valence-electron chi connectivity index (χ2n) is 8.64. The number of nitrogens with two attached hydrogens (primary N) is 1. The maximum Gasteiger partial charge on any atom is 0.0999 e. The van der Waals surface area contributed by atoms with E-state index in [0.717, 1.165) is 54.6 Å². The van der Waals surface area contributed by atoms with Crippen molar-refractivity contribution in [3.8, 4) is 11.3 Å². The molecule has 3 heterocycles. The largest absolute Gasteiger partial charge is 0.404 e. The first-order valence-electron chi connectivity index (χ1n) is 11.8. The third-order valence-corrected chi connectivity index (χ3v) is 6.45. The summed E-state index contributed by atoms with van der Waals surface area (Å²) >= 11 is 0. The Balaban J connectivity index is 1.49. The molecule has 176 valence electrons. The monoisotopic (exact) mass is 450 g/mol. The summed E-state index contributed by atoms with van der Waals surface area (Å²) in [5.41, 5.74) is 10.1. The van der Waals surface area contributed by atoms with Crippen molar-refractivity contribution in [2.45, 2.75) is 51.6 Å². The van der Waals surface area contributed by atoms with Gasteiger partial charge in [-0.25, -0.2) is 9.50 Å². The minimum atomic E-state index is 0.287. The lowest BCUT2D eigenvalue weighted by Crippen LogP contribution is -2.43. The van der Waals surface area contributed by atoms with Crippen LogP contribution in [0.1, 0.15) is 51.3 Å². The highest BCUT2D eigenvalue weighted by Gasteiger charge is 2.27. The summed E-state index contributed by atoms with van der Waals surface area (Å²) in [5, 5.41) is 21.6. The molecular weight excluding hydrogens is 416 g/mol. The van der Waals surface area contributed by atoms with E-state index in [0.29, 0.717) is 30.2 Å². The topological polar surface area (TPSA) is 119 Å². The predicted molar refractivity (Wildman–Crippen MR) is 131 cm³/mol. The van der Waals surface area contributed by atoms with Gasteiger partial charge in [-0.1, -0.05) is 13.8 Å². The molecule has 1 aliphatic carbocycles. The fourth-order valence-corrected chi connectivity index (χ4v) is 4.34. The maximum atomic E-state index is 9.12. The third kappa shape index (κ3) is 5.15. The molecule has 0 spiro atoms. The van der Waals surface area contributed by atoms with E-state index in [-0.39, 0.29) is 6.61 Å². The highest BCUT2D eigenvalue weighted by molar-refractivity contribution is 6.09. The molecule has 33 heavy (non-hydrogen) atoms. The molecule has 0 unspecified atom stereocenters. The molecule has 0 aliphatic heterocycles. The molecule has 0 radical (unpaired) electrons. The zero-order chi connectivity index (χ0) is 23.2. The van der Waals surface area contributed by atoms with Gasteiger partial charge in [-0.15, -0.1) is 0 Å². The van der Waals surface area contributed by atoms with Crippen LogP contribution >= 0.6 is 0 Å². The zero-order valence-corrected chi connectivity index (χ0v) is 19.4. The molecule has 4 N–H and O–H groups in total. The number of hydrogen-bond donors (Lipinski definition) is 3. The van der Waals surface area contributed by atoms with E-state index < -0.39 is 0 Å². The minimum Gasteiger partial charge on any atom is -0.404 e. The summed E-state index contributed by atoms with van der Waals surface area (Å²) in [6.45, 7) is 6.08. The number of rotatable bonds is 11. The lowest BCUT2D eigenvalue weighted by atomic mass is 9.81. The van der Waals surface area contributed by atoms with Gasteiger partial charge in [0.15, 0.2) is 0 Å². The van der Waals surface area contributed by atoms with E-state index in [1.54, 1.807) is 12.4 Å². The van der Waals surface area contributed by atoms with Crippen LogP contribution in [0.5, 0.6) is 0 Å². The van der Waals surface area contributed by atoms with Gasteiger partial charge in [0, 0.05) is 48.9 Å². The number of aromatic nitrogens is 5. The van der Waals surface area contributed by atoms with Crippen molar-refractivity contribution >= 4 is 17.3 Å². The SMILES string of the molecule is CCC(CC)n1cc(-c2nc(C(C=NCCNC3CC(CO)C3)=CN)cn3nccc23)cn1. The Labute approximate surface area is 194 Å². The Kier molecular flexibility index (Phi) is 7.51. The van der Waals surface area contributed by atoms with Crippen molar-refractivity contribution in [1.82, 2.24) is 29.7 Å². The van der Waals surface area contributed by atoms with Crippen molar-refractivity contribution in [1.29, 1.82) is 0 Å². The minimum absolute atomic E-state index is 0.287. The first kappa shape index (κ1) is 23.1. The number of nitrogens with zero attached hydrogens (tertiary/aromatic N) is 6. The lowest BCUT2D eigenvalue weighted by molar-refractivity contribution is 0.128. The zero-order valence-electron chi connectivity index (χ0n) is 19.4. The van der Waals surface area contributed by atoms with Crippen molar-refractivity contribution in [3.63, 3.8) is 0 Å². The van der Waals surface area contributed by atoms with Gasteiger partial charge in [-0.05, 0) is 37.7 Å². The number of aliphatic hydroxyl groups is 1. The Hall–Kier alpha value is -3.04. The van der Waals surface area contributed by atoms with Gasteiger partial charge < -0.3 is 16.2 Å². The highest BCUT2D eigenvalue weighted by atomic mass is 16.3. The van der Waals surface area contributed by atoms with Crippen LogP contribution in [-0.4, -0.2) is 61.4 Å². The molecule has 0 aromatic carbocycles. The van der Waals surface area contributed by atoms with Crippen LogP contribution in [0, 0.1) is 5.92 Å². The highest BCUT2D eigenvalue weighted by Crippen LogP contribution is 2.27. The molecule has 1 fully saturated rings. The molecule has 0 amide bonds. The maximum absolute atomic E-state index is 9.12. The van der Waals surface area contributed by atoms with Gasteiger partial charge in [0.1, 0.15) is 0 Å². The van der Waals surface area contributed by atoms with E-state index in [4.69, 9.17) is 15.8 Å². The number of nitrogens with one attached hydrogen (secondary N) is 1. The first-order valence-corrected chi connectivity index (χ1v) is 11.8. The van der Waals surface area contributed by atoms with Crippen LogP contribution in [0.3, 0.4) is 0 Å². The Morgan fingerprint density at radius 2 is 2.12 bits per heavy atom. The van der Waals surface area contributed by atoms with E-state index in [9.17, 15) is 0 Å². The van der Waals surface area contributed by atoms with Gasteiger partial charge in [0.2, 0.25) is 0 Å². The number of hydrogen-bond acceptors (Lipinski definition) is 7. The average molecular weight is 451 g/mol. The second kappa shape index (κ2) is 10.7. The summed E-state index contributed by atoms with van der Waals surface area (Å²) in [5.74, 6) is 0.456. The fourth-order valence-electron chi connectivity index (χ4n) is 4.34. The Bertz CT molecular complexity index is 1100. The second-order valence-corrected chi connectivity index (χ2v) is 8.64. The number of allylic oxidation sites excluding steroid dienone is 1. The molecule has 0 bridgehead atoms. The molecule has 0 saturated heterocycles. The van der Waals surface area contributed by atoms with Crippen molar-refractivity contribution in [2.24, 2.45) is 16.6 Å². The first-order chi connectivity index (χ1) is 16.2. The van der Waals surface area contributed by atoms with Crippen LogP contribution in [0.25, 0.3) is 22.3 Å². The molecule has 3 aromatic rings. The van der Waals surface area contributed by atoms with Crippen LogP contribution in [0.4, 0.5) is 0 Å². The summed E-state index contributed by atoms with van der Waals surface area (Å²) in [6, 6.07) is 2.82. The van der Waals surface area contributed by atoms with Gasteiger partial charge in [-0.2, -0.15) is 10.2 Å². The molecule has 9 heteroatoms. The summed E-state index contributed by atoms with van der Waals surface area (Å²) in [6.07, 6.45) is 15.0. The Morgan fingerprint density at radius 3 is 2.85 bits per heavy atom. The number of aliphatic imine (C=N–C) groups is 1. The molecule has 1 saturated carbocycles. The van der Waals surface area contributed by atoms with Crippen LogP contribution in [0.15, 0.2) is 42.0 Å². The van der Waals surface area contributed by atoms with Gasteiger partial charge in [0.25, 0.3) is 0 Å². The molecule has 9 nitrogen and oxygen atoms in total. The molecule has 3 aromatic heterocycles. The predicted octanol–water partition coefficient (Wildman–Crippen LogP) is 2.68. The molecule has 4 rings (SSSR count). The third-order valence-electron chi connectivity index (χ3n) is 6.45. The Morgan fingerprint density at radius 1 is 1.30 bits per heavy atom. The number of fused-ring (bicyclic) bond motifs is 1. The summed E-state index contributed by atoms with van der Waals surface area (Å²) < 4.78 is 3.84. The fraction of sp³-hybridized carbons (Fsp3) is 0.500. The van der Waals surface area contributed by atoms with Crippen LogP contribution in [-0.2, 0) is 0 Å². The smallest absolute Gasteiger partial charge is 0.0999 e. The van der Waals surface area contributed by atoms with E-state index in [1.807, 2.05) is 27.7 Å². The van der Waals surface area contributed by atoms with Crippen LogP contribution < -0.4 is 11.1 Å². The normalized spacial score (nSPS) is 19.1. The quantitative estimate of drug-likeness (QED) is 0.305. The van der Waals surface area contributed by atoms with Crippen molar-refractivity contribution in [3.05, 3.63) is 42.7 Å². The lowest BCUT2D eigenvalue weighted by Gasteiger charge is -2.34. The van der Waals surface area contributed by atoms with Crippen LogP contribution in [0.2, 0.25) is 0 Å². The van der Waals surface area contributed by atoms with E-state index in [1.165, 1.54) is 6.20 Å². The van der Waals surface area contributed by atoms with Gasteiger partial charge >= 0.3 is 0 Å². The number of aliphatic hydroxyl groups excluding tert-OH is 1. The molecular formula is C24H34N8O. The van der Waals surface area contributed by atoms with Crippen molar-refractivity contribution < 1.29 is 5.11 Å². The average Bonchev–Trinajstić information content (AvgIpc) is 3.47.